The Bertz CT molecular complexity index is 1240. The molecule has 1 N–H and O–H groups in total. The fourth-order valence-electron chi connectivity index (χ4n) is 5.18. The van der Waals surface area contributed by atoms with Gasteiger partial charge in [0.15, 0.2) is 8.32 Å². The molecule has 0 saturated heterocycles. The van der Waals surface area contributed by atoms with E-state index in [1.807, 2.05) is 13.0 Å². The molecular weight excluding hydrogens is 535 g/mol. The van der Waals surface area contributed by atoms with Crippen LogP contribution >= 0.6 is 0 Å². The number of carbonyl (C=O) groups excluding carboxylic acids is 1. The number of benzene rings is 2. The fraction of sp³-hybridized carbons (Fsp3) is 0.567. The summed E-state index contributed by atoms with van der Waals surface area (Å²) in [5.41, 5.74) is 4.24. The first-order valence-corrected chi connectivity index (χ1v) is 17.3. The Kier molecular flexibility index (Phi) is 9.34. The third-order valence-corrected chi connectivity index (χ3v) is 13.4. The largest absolute Gasteiger partial charge is 0.465 e. The summed E-state index contributed by atoms with van der Waals surface area (Å²) < 4.78 is 52.5. The summed E-state index contributed by atoms with van der Waals surface area (Å²) in [5, 5.41) is -0.0306. The lowest BCUT2D eigenvalue weighted by molar-refractivity contribution is 0.0598. The van der Waals surface area contributed by atoms with Gasteiger partial charge in [0.1, 0.15) is 5.82 Å². The van der Waals surface area contributed by atoms with Crippen LogP contribution in [0.25, 0.3) is 11.1 Å². The highest BCUT2D eigenvalue weighted by atomic mass is 32.2. The van der Waals surface area contributed by atoms with Crippen LogP contribution in [0.3, 0.4) is 0 Å². The van der Waals surface area contributed by atoms with E-state index in [0.29, 0.717) is 22.3 Å². The maximum atomic E-state index is 14.1. The average Bonchev–Trinajstić information content (AvgIpc) is 2.80. The summed E-state index contributed by atoms with van der Waals surface area (Å²) in [4.78, 5) is 13.5. The predicted molar refractivity (Wildman–Crippen MR) is 156 cm³/mol. The minimum atomic E-state index is -2.47. The molecule has 2 aromatic rings. The van der Waals surface area contributed by atoms with E-state index in [2.05, 4.69) is 47.7 Å². The number of fused-ring (bicyclic) bond motifs is 1. The van der Waals surface area contributed by atoms with Crippen molar-refractivity contribution in [3.8, 4) is 11.1 Å². The van der Waals surface area contributed by atoms with Crippen molar-refractivity contribution in [1.82, 2.24) is 0 Å². The minimum absolute atomic E-state index is 0.0306. The Balaban J connectivity index is 2.43. The number of esters is 1. The van der Waals surface area contributed by atoms with Crippen molar-refractivity contribution in [3.05, 3.63) is 58.4 Å². The second-order valence-electron chi connectivity index (χ2n) is 13.0. The molecule has 1 aliphatic carbocycles. The van der Waals surface area contributed by atoms with Crippen LogP contribution in [-0.4, -0.2) is 36.3 Å². The third kappa shape index (κ3) is 6.88. The summed E-state index contributed by atoms with van der Waals surface area (Å²) in [7, 11) is -0.905. The van der Waals surface area contributed by atoms with E-state index in [1.54, 1.807) is 19.1 Å². The van der Waals surface area contributed by atoms with Crippen LogP contribution in [0, 0.1) is 11.2 Å². The van der Waals surface area contributed by atoms with E-state index >= 15 is 0 Å². The first kappa shape index (κ1) is 31.6. The predicted octanol–water partition coefficient (Wildman–Crippen LogP) is 7.96. The van der Waals surface area contributed by atoms with Crippen LogP contribution in [-0.2, 0) is 31.1 Å². The third-order valence-electron chi connectivity index (χ3n) is 8.41. The Morgan fingerprint density at radius 1 is 1.18 bits per heavy atom. The SMILES string of the molecule is COC(=O)c1c(C(C)C(C)OS(=O)O)cc2c(c1-c1ccc(F)cc1)C(O[Si](C)(C)C(C)(C)C)CC(C)(C)C2. The van der Waals surface area contributed by atoms with Gasteiger partial charge in [-0.25, -0.2) is 9.18 Å². The van der Waals surface area contributed by atoms with Gasteiger partial charge in [-0.2, -0.15) is 4.21 Å². The normalized spacial score (nSPS) is 19.6. The monoisotopic (exact) mass is 578 g/mol. The van der Waals surface area contributed by atoms with Crippen molar-refractivity contribution in [1.29, 1.82) is 0 Å². The smallest absolute Gasteiger partial charge is 0.338 e. The van der Waals surface area contributed by atoms with Gasteiger partial charge in [-0.3, -0.25) is 8.74 Å². The topological polar surface area (TPSA) is 82.1 Å². The number of hydrogen-bond acceptors (Lipinski definition) is 5. The first-order chi connectivity index (χ1) is 17.9. The van der Waals surface area contributed by atoms with Gasteiger partial charge < -0.3 is 9.16 Å². The van der Waals surface area contributed by atoms with Crippen LogP contribution in [0.5, 0.6) is 0 Å². The molecule has 216 valence electrons. The molecule has 0 heterocycles. The van der Waals surface area contributed by atoms with Crippen molar-refractivity contribution in [2.45, 2.75) is 97.6 Å². The molecule has 0 spiro atoms. The van der Waals surface area contributed by atoms with Crippen LogP contribution in [0.4, 0.5) is 4.39 Å². The zero-order chi connectivity index (χ0) is 29.5. The van der Waals surface area contributed by atoms with Crippen LogP contribution in [0.2, 0.25) is 18.1 Å². The second-order valence-corrected chi connectivity index (χ2v) is 18.4. The van der Waals surface area contributed by atoms with E-state index in [1.165, 1.54) is 19.2 Å². The molecule has 6 nitrogen and oxygen atoms in total. The zero-order valence-electron chi connectivity index (χ0n) is 24.8. The van der Waals surface area contributed by atoms with Gasteiger partial charge in [0.05, 0.1) is 24.9 Å². The molecule has 4 atom stereocenters. The summed E-state index contributed by atoms with van der Waals surface area (Å²) in [6.07, 6.45) is 0.556. The lowest BCUT2D eigenvalue weighted by Gasteiger charge is -2.45. The van der Waals surface area contributed by atoms with Gasteiger partial charge in [0.2, 0.25) is 0 Å². The highest BCUT2D eigenvalue weighted by Crippen LogP contribution is 2.52. The highest BCUT2D eigenvalue weighted by molar-refractivity contribution is 7.74. The Hall–Kier alpha value is -1.91. The van der Waals surface area contributed by atoms with E-state index < -0.39 is 37.7 Å². The first-order valence-electron chi connectivity index (χ1n) is 13.4. The summed E-state index contributed by atoms with van der Waals surface area (Å²) >= 11 is -2.47. The number of methoxy groups -OCH3 is 1. The molecule has 4 unspecified atom stereocenters. The molecule has 3 rings (SSSR count). The molecule has 0 saturated carbocycles. The maximum absolute atomic E-state index is 14.1. The molecular formula is C30H43FO6SSi. The van der Waals surface area contributed by atoms with Crippen molar-refractivity contribution in [3.63, 3.8) is 0 Å². The van der Waals surface area contributed by atoms with E-state index in [9.17, 15) is 17.9 Å². The molecule has 0 amide bonds. The molecule has 39 heavy (non-hydrogen) atoms. The Morgan fingerprint density at radius 2 is 1.77 bits per heavy atom. The van der Waals surface area contributed by atoms with Gasteiger partial charge >= 0.3 is 17.3 Å². The van der Waals surface area contributed by atoms with E-state index in [0.717, 1.165) is 24.0 Å². The Labute approximate surface area is 236 Å². The molecule has 9 heteroatoms. The van der Waals surface area contributed by atoms with Gasteiger partial charge in [0.25, 0.3) is 0 Å². The summed E-state index contributed by atoms with van der Waals surface area (Å²) in [6.45, 7) is 19.0. The number of ether oxygens (including phenoxy) is 1. The van der Waals surface area contributed by atoms with E-state index in [4.69, 9.17) is 13.3 Å². The highest BCUT2D eigenvalue weighted by Gasteiger charge is 2.44. The quantitative estimate of drug-likeness (QED) is 0.194. The van der Waals surface area contributed by atoms with Gasteiger partial charge in [-0.05, 0) is 77.7 Å². The van der Waals surface area contributed by atoms with Crippen molar-refractivity contribution < 1.29 is 31.3 Å². The molecule has 0 fully saturated rings. The number of rotatable bonds is 8. The summed E-state index contributed by atoms with van der Waals surface area (Å²) in [5.74, 6) is -1.34. The molecule has 1 aliphatic rings. The second kappa shape index (κ2) is 11.5. The number of halogens is 1. The average molecular weight is 579 g/mol. The molecule has 0 radical (unpaired) electrons. The maximum Gasteiger partial charge on any atom is 0.338 e. The van der Waals surface area contributed by atoms with Crippen LogP contribution in [0.1, 0.15) is 94.0 Å². The van der Waals surface area contributed by atoms with E-state index in [-0.39, 0.29) is 22.4 Å². The lowest BCUT2D eigenvalue weighted by Crippen LogP contribution is -2.44. The standard InChI is InChI=1S/C30H43FO6SSi/c1-18(19(2)36-38(33)34)23-15-21-16-30(6,7)17-24(37-39(9,10)29(3,4)5)25(21)26(27(23)28(32)35-8)20-11-13-22(31)14-12-20/h11-15,18-19,24H,16-17H2,1-10H3,(H,33,34). The van der Waals surface area contributed by atoms with Gasteiger partial charge in [0, 0.05) is 11.5 Å². The lowest BCUT2D eigenvalue weighted by atomic mass is 9.69. The number of carbonyl (C=O) groups is 1. The Morgan fingerprint density at radius 3 is 2.28 bits per heavy atom. The van der Waals surface area contributed by atoms with Gasteiger partial charge in [-0.15, -0.1) is 0 Å². The van der Waals surface area contributed by atoms with Crippen LogP contribution in [0.15, 0.2) is 30.3 Å². The van der Waals surface area contributed by atoms with Crippen LogP contribution < -0.4 is 0 Å². The molecule has 0 bridgehead atoms. The zero-order valence-corrected chi connectivity index (χ0v) is 26.6. The molecule has 0 aromatic heterocycles. The van der Waals surface area contributed by atoms with Crippen molar-refractivity contribution in [2.75, 3.05) is 7.11 Å². The molecule has 2 aromatic carbocycles. The van der Waals surface area contributed by atoms with Crippen molar-refractivity contribution in [2.24, 2.45) is 5.41 Å². The summed E-state index contributed by atoms with van der Waals surface area (Å²) in [6, 6.07) is 8.14. The molecule has 0 aliphatic heterocycles. The van der Waals surface area contributed by atoms with Crippen molar-refractivity contribution >= 4 is 25.6 Å². The van der Waals surface area contributed by atoms with Gasteiger partial charge in [-0.1, -0.05) is 59.7 Å². The number of hydrogen-bond donors (Lipinski definition) is 1. The minimum Gasteiger partial charge on any atom is -0.465 e. The fourth-order valence-corrected chi connectivity index (χ4v) is 6.87.